The minimum absolute atomic E-state index is 0.418. The van der Waals surface area contributed by atoms with Crippen molar-refractivity contribution in [2.45, 2.75) is 24.0 Å². The van der Waals surface area contributed by atoms with Gasteiger partial charge >= 0.3 is 0 Å². The van der Waals surface area contributed by atoms with Crippen LogP contribution in [0, 0.1) is 0 Å². The molecule has 0 atom stereocenters. The Morgan fingerprint density at radius 1 is 1.75 bits per heavy atom. The quantitative estimate of drug-likeness (QED) is 0.463. The zero-order valence-electron chi connectivity index (χ0n) is 4.89. The molecular weight excluding hydrogens is 118 g/mol. The summed E-state index contributed by atoms with van der Waals surface area (Å²) in [6.07, 6.45) is 5.58. The van der Waals surface area contributed by atoms with Crippen LogP contribution in [0.15, 0.2) is 12.7 Å². The molecule has 1 aliphatic rings. The monoisotopic (exact) mass is 129 g/mol. The molecule has 1 fully saturated rings. The molecule has 1 saturated carbocycles. The largest absolute Gasteiger partial charge is 0.277 e. The van der Waals surface area contributed by atoms with E-state index in [1.165, 1.54) is 24.8 Å². The van der Waals surface area contributed by atoms with E-state index in [2.05, 4.69) is 6.58 Å². The first kappa shape index (κ1) is 6.17. The fraction of sp³-hybridized carbons (Fsp3) is 0.667. The van der Waals surface area contributed by atoms with E-state index in [0.717, 1.165) is 6.42 Å². The van der Waals surface area contributed by atoms with E-state index in [4.69, 9.17) is 5.14 Å². The van der Waals surface area contributed by atoms with Crippen molar-refractivity contribution in [3.63, 3.8) is 0 Å². The van der Waals surface area contributed by atoms with Crippen molar-refractivity contribution in [1.29, 1.82) is 0 Å². The lowest BCUT2D eigenvalue weighted by molar-refractivity contribution is 0.926. The van der Waals surface area contributed by atoms with Crippen LogP contribution in [0.3, 0.4) is 0 Å². The Hall–Kier alpha value is 0.0500. The summed E-state index contributed by atoms with van der Waals surface area (Å²) in [5.41, 5.74) is 0. The van der Waals surface area contributed by atoms with Crippen molar-refractivity contribution in [3.8, 4) is 0 Å². The van der Waals surface area contributed by atoms with Gasteiger partial charge in [0.05, 0.1) is 0 Å². The van der Waals surface area contributed by atoms with Gasteiger partial charge in [-0.3, -0.25) is 5.14 Å². The number of hydrogen-bond donors (Lipinski definition) is 1. The van der Waals surface area contributed by atoms with E-state index >= 15 is 0 Å². The predicted octanol–water partition coefficient (Wildman–Crippen LogP) is 1.70. The summed E-state index contributed by atoms with van der Waals surface area (Å²) in [5.74, 6) is 0. The van der Waals surface area contributed by atoms with Gasteiger partial charge in [0.25, 0.3) is 0 Å². The van der Waals surface area contributed by atoms with E-state index in [1.54, 1.807) is 0 Å². The zero-order valence-corrected chi connectivity index (χ0v) is 5.71. The second-order valence-electron chi connectivity index (χ2n) is 2.29. The first-order chi connectivity index (χ1) is 3.83. The molecule has 0 bridgehead atoms. The number of rotatable bonds is 3. The van der Waals surface area contributed by atoms with Gasteiger partial charge in [0.1, 0.15) is 0 Å². The third kappa shape index (κ3) is 1.06. The van der Waals surface area contributed by atoms with Crippen LogP contribution in [-0.4, -0.2) is 4.75 Å². The minimum atomic E-state index is 0.418. The van der Waals surface area contributed by atoms with Crippen LogP contribution in [0.2, 0.25) is 0 Å². The van der Waals surface area contributed by atoms with Crippen LogP contribution in [0.5, 0.6) is 0 Å². The van der Waals surface area contributed by atoms with Gasteiger partial charge in [-0.2, -0.15) is 0 Å². The summed E-state index contributed by atoms with van der Waals surface area (Å²) in [5, 5.41) is 5.42. The van der Waals surface area contributed by atoms with Crippen LogP contribution in [-0.2, 0) is 0 Å². The molecule has 2 N–H and O–H groups in total. The zero-order chi connectivity index (χ0) is 6.04. The first-order valence-corrected chi connectivity index (χ1v) is 3.70. The highest BCUT2D eigenvalue weighted by Crippen LogP contribution is 2.48. The Kier molecular flexibility index (Phi) is 1.63. The summed E-state index contributed by atoms with van der Waals surface area (Å²) < 4.78 is 0.418. The summed E-state index contributed by atoms with van der Waals surface area (Å²) >= 11 is 1.49. The standard InChI is InChI=1S/C6H11NS/c1-2-3-6(8-7)4-5-6/h2H,1,3-5,7H2. The Balaban J connectivity index is 2.29. The average Bonchev–Trinajstić information content (AvgIpc) is 2.50. The topological polar surface area (TPSA) is 26.0 Å². The molecule has 0 unspecified atom stereocenters. The summed E-state index contributed by atoms with van der Waals surface area (Å²) in [6.45, 7) is 3.66. The van der Waals surface area contributed by atoms with Gasteiger partial charge in [0.15, 0.2) is 0 Å². The highest BCUT2D eigenvalue weighted by atomic mass is 32.2. The van der Waals surface area contributed by atoms with E-state index in [1.807, 2.05) is 6.08 Å². The average molecular weight is 129 g/mol. The lowest BCUT2D eigenvalue weighted by atomic mass is 10.3. The maximum Gasteiger partial charge on any atom is 0.0338 e. The van der Waals surface area contributed by atoms with Crippen molar-refractivity contribution < 1.29 is 0 Å². The van der Waals surface area contributed by atoms with Crippen LogP contribution in [0.25, 0.3) is 0 Å². The normalized spacial score (nSPS) is 22.6. The van der Waals surface area contributed by atoms with Crippen molar-refractivity contribution >= 4 is 11.9 Å². The Labute approximate surface area is 54.5 Å². The Morgan fingerprint density at radius 3 is 2.50 bits per heavy atom. The van der Waals surface area contributed by atoms with E-state index in [-0.39, 0.29) is 0 Å². The molecule has 0 aromatic rings. The van der Waals surface area contributed by atoms with Gasteiger partial charge in [0.2, 0.25) is 0 Å². The van der Waals surface area contributed by atoms with Crippen molar-refractivity contribution in [2.75, 3.05) is 0 Å². The maximum atomic E-state index is 5.42. The van der Waals surface area contributed by atoms with Crippen molar-refractivity contribution in [3.05, 3.63) is 12.7 Å². The fourth-order valence-corrected chi connectivity index (χ4v) is 1.32. The molecule has 2 heteroatoms. The molecule has 8 heavy (non-hydrogen) atoms. The summed E-state index contributed by atoms with van der Waals surface area (Å²) in [7, 11) is 0. The van der Waals surface area contributed by atoms with Crippen LogP contribution >= 0.6 is 11.9 Å². The molecule has 46 valence electrons. The fourth-order valence-electron chi connectivity index (χ4n) is 0.773. The van der Waals surface area contributed by atoms with E-state index in [9.17, 15) is 0 Å². The number of nitrogens with two attached hydrogens (primary N) is 1. The third-order valence-corrected chi connectivity index (χ3v) is 2.65. The lowest BCUT2D eigenvalue weighted by Gasteiger charge is -2.04. The molecule has 0 spiro atoms. The van der Waals surface area contributed by atoms with E-state index in [0.29, 0.717) is 4.75 Å². The smallest absolute Gasteiger partial charge is 0.0338 e. The van der Waals surface area contributed by atoms with Crippen LogP contribution in [0.1, 0.15) is 19.3 Å². The highest BCUT2D eigenvalue weighted by Gasteiger charge is 2.40. The Bertz CT molecular complexity index is 96.7. The van der Waals surface area contributed by atoms with Crippen LogP contribution in [0.4, 0.5) is 0 Å². The molecule has 0 amide bonds. The van der Waals surface area contributed by atoms with Gasteiger partial charge in [0, 0.05) is 4.75 Å². The predicted molar refractivity (Wildman–Crippen MR) is 38.6 cm³/mol. The van der Waals surface area contributed by atoms with Gasteiger partial charge in [-0.1, -0.05) is 18.0 Å². The first-order valence-electron chi connectivity index (χ1n) is 2.82. The molecule has 0 radical (unpaired) electrons. The molecule has 0 aromatic heterocycles. The number of hydrogen-bond acceptors (Lipinski definition) is 2. The van der Waals surface area contributed by atoms with Gasteiger partial charge in [-0.15, -0.1) is 6.58 Å². The third-order valence-electron chi connectivity index (χ3n) is 1.57. The number of allylic oxidation sites excluding steroid dienone is 1. The Morgan fingerprint density at radius 2 is 2.38 bits per heavy atom. The maximum absolute atomic E-state index is 5.42. The second kappa shape index (κ2) is 2.11. The van der Waals surface area contributed by atoms with Gasteiger partial charge in [-0.05, 0) is 19.3 Å². The van der Waals surface area contributed by atoms with Crippen LogP contribution < -0.4 is 5.14 Å². The SMILES string of the molecule is C=CCC1(SN)CC1. The molecular formula is C6H11NS. The molecule has 1 nitrogen and oxygen atoms in total. The van der Waals surface area contributed by atoms with Crippen molar-refractivity contribution in [2.24, 2.45) is 5.14 Å². The molecule has 1 rings (SSSR count). The molecule has 1 aliphatic carbocycles. The summed E-state index contributed by atoms with van der Waals surface area (Å²) in [6, 6.07) is 0. The van der Waals surface area contributed by atoms with Crippen molar-refractivity contribution in [1.82, 2.24) is 0 Å². The second-order valence-corrected chi connectivity index (χ2v) is 3.40. The highest BCUT2D eigenvalue weighted by molar-refractivity contribution is 7.98. The molecule has 0 aliphatic heterocycles. The van der Waals surface area contributed by atoms with Gasteiger partial charge < -0.3 is 0 Å². The molecule has 0 saturated heterocycles. The van der Waals surface area contributed by atoms with E-state index < -0.39 is 0 Å². The van der Waals surface area contributed by atoms with Gasteiger partial charge in [-0.25, -0.2) is 0 Å². The lowest BCUT2D eigenvalue weighted by Crippen LogP contribution is -2.03. The summed E-state index contributed by atoms with van der Waals surface area (Å²) in [4.78, 5) is 0. The molecule has 0 heterocycles. The molecule has 0 aromatic carbocycles. The minimum Gasteiger partial charge on any atom is -0.277 e.